The number of esters is 1. The van der Waals surface area contributed by atoms with Gasteiger partial charge in [-0.3, -0.25) is 14.4 Å². The monoisotopic (exact) mass is 435 g/mol. The summed E-state index contributed by atoms with van der Waals surface area (Å²) in [7, 11) is 0. The van der Waals surface area contributed by atoms with E-state index in [2.05, 4.69) is 5.32 Å². The Morgan fingerprint density at radius 3 is 2.71 bits per heavy atom. The fraction of sp³-hybridized carbons (Fsp3) is 0.208. The first-order valence-electron chi connectivity index (χ1n) is 9.87. The van der Waals surface area contributed by atoms with Crippen molar-refractivity contribution in [1.82, 2.24) is 5.32 Å². The number of furan rings is 1. The number of amides is 1. The zero-order valence-electron chi connectivity index (χ0n) is 17.1. The van der Waals surface area contributed by atoms with Crippen LogP contribution in [0.25, 0.3) is 21.7 Å². The molecule has 4 rings (SSSR count). The van der Waals surface area contributed by atoms with E-state index in [1.54, 1.807) is 25.3 Å². The first-order chi connectivity index (χ1) is 14.9. The van der Waals surface area contributed by atoms with Gasteiger partial charge < -0.3 is 14.5 Å². The summed E-state index contributed by atoms with van der Waals surface area (Å²) in [6.07, 6.45) is 0.671. The van der Waals surface area contributed by atoms with E-state index >= 15 is 0 Å². The van der Waals surface area contributed by atoms with Crippen molar-refractivity contribution < 1.29 is 23.5 Å². The van der Waals surface area contributed by atoms with E-state index in [9.17, 15) is 14.4 Å². The predicted octanol–water partition coefficient (Wildman–Crippen LogP) is 4.64. The van der Waals surface area contributed by atoms with Gasteiger partial charge in [0.05, 0.1) is 24.1 Å². The number of hydrogen-bond donors (Lipinski definition) is 1. The maximum Gasteiger partial charge on any atom is 0.311 e. The molecule has 0 aliphatic rings. The van der Waals surface area contributed by atoms with Crippen molar-refractivity contribution in [1.29, 1.82) is 0 Å². The second-order valence-electron chi connectivity index (χ2n) is 7.27. The zero-order chi connectivity index (χ0) is 22.0. The van der Waals surface area contributed by atoms with Gasteiger partial charge in [0.1, 0.15) is 5.58 Å². The number of thiophene rings is 1. The minimum atomic E-state index is -0.908. The number of nitrogens with one attached hydrogen (secondary N) is 1. The summed E-state index contributed by atoms with van der Waals surface area (Å²) in [5.41, 5.74) is 1.43. The number of fused-ring (bicyclic) bond motifs is 3. The fourth-order valence-electron chi connectivity index (χ4n) is 3.47. The van der Waals surface area contributed by atoms with Crippen molar-refractivity contribution in [3.63, 3.8) is 0 Å². The molecular weight excluding hydrogens is 414 g/mol. The van der Waals surface area contributed by atoms with Gasteiger partial charge in [0, 0.05) is 22.8 Å². The molecular formula is C24H21NO5S. The second kappa shape index (κ2) is 8.73. The van der Waals surface area contributed by atoms with Crippen LogP contribution in [0.1, 0.15) is 34.0 Å². The highest BCUT2D eigenvalue weighted by atomic mass is 32.1. The minimum Gasteiger partial charge on any atom is -0.464 e. The maximum atomic E-state index is 12.6. The Balaban J connectivity index is 1.45. The van der Waals surface area contributed by atoms with E-state index in [1.165, 1.54) is 18.3 Å². The third kappa shape index (κ3) is 4.51. The Labute approximate surface area is 182 Å². The van der Waals surface area contributed by atoms with Gasteiger partial charge in [-0.05, 0) is 35.9 Å². The molecule has 31 heavy (non-hydrogen) atoms. The Morgan fingerprint density at radius 2 is 1.90 bits per heavy atom. The van der Waals surface area contributed by atoms with Crippen molar-refractivity contribution in [3.05, 3.63) is 70.1 Å². The third-order valence-electron chi connectivity index (χ3n) is 4.97. The molecule has 0 aliphatic carbocycles. The van der Waals surface area contributed by atoms with Crippen LogP contribution in [0.5, 0.6) is 0 Å². The van der Waals surface area contributed by atoms with Crippen LogP contribution in [0.15, 0.2) is 59.2 Å². The first-order valence-corrected chi connectivity index (χ1v) is 10.7. The van der Waals surface area contributed by atoms with Gasteiger partial charge in [-0.2, -0.15) is 0 Å². The number of ketones is 1. The van der Waals surface area contributed by atoms with Crippen LogP contribution in [0.2, 0.25) is 0 Å². The lowest BCUT2D eigenvalue weighted by Gasteiger charge is -2.11. The number of ether oxygens (including phenoxy) is 1. The summed E-state index contributed by atoms with van der Waals surface area (Å²) >= 11 is 1.28. The van der Waals surface area contributed by atoms with Crippen molar-refractivity contribution >= 4 is 50.7 Å². The lowest BCUT2D eigenvalue weighted by atomic mass is 10.0. The first kappa shape index (κ1) is 20.8. The van der Waals surface area contributed by atoms with Gasteiger partial charge in [0.2, 0.25) is 11.7 Å². The van der Waals surface area contributed by atoms with E-state index in [0.717, 1.165) is 26.6 Å². The average molecular weight is 436 g/mol. The molecule has 2 aromatic heterocycles. The standard InChI is InChI=1S/C24H21NO5S/c1-14(24(28)21-10-8-18(31-21)12-25-15(2)26)30-22(27)11-17-13-29-20-9-7-16-5-3-4-6-19(16)23(17)20/h3-10,13-14H,11-12H2,1-2H3,(H,25,26). The third-order valence-corrected chi connectivity index (χ3v) is 6.07. The van der Waals surface area contributed by atoms with Crippen LogP contribution < -0.4 is 5.32 Å². The Morgan fingerprint density at radius 1 is 1.10 bits per heavy atom. The van der Waals surface area contributed by atoms with Crippen LogP contribution in [-0.2, 0) is 27.3 Å². The highest BCUT2D eigenvalue weighted by molar-refractivity contribution is 7.14. The van der Waals surface area contributed by atoms with E-state index in [0.29, 0.717) is 17.0 Å². The van der Waals surface area contributed by atoms with Gasteiger partial charge in [0.15, 0.2) is 6.10 Å². The Hall–Kier alpha value is -3.45. The second-order valence-corrected chi connectivity index (χ2v) is 8.44. The Kier molecular flexibility index (Phi) is 5.86. The number of hydrogen-bond acceptors (Lipinski definition) is 6. The van der Waals surface area contributed by atoms with Crippen LogP contribution in [0.4, 0.5) is 0 Å². The van der Waals surface area contributed by atoms with Gasteiger partial charge in [-0.25, -0.2) is 0 Å². The molecule has 1 atom stereocenters. The van der Waals surface area contributed by atoms with Crippen LogP contribution in [-0.4, -0.2) is 23.8 Å². The Bertz CT molecular complexity index is 1290. The average Bonchev–Trinajstić information content (AvgIpc) is 3.39. The number of Topliss-reactive ketones (excluding diaryl/α,β-unsaturated/α-hetero) is 1. The molecule has 2 aromatic carbocycles. The summed E-state index contributed by atoms with van der Waals surface area (Å²) in [6, 6.07) is 15.2. The summed E-state index contributed by atoms with van der Waals surface area (Å²) < 4.78 is 11.0. The SMILES string of the molecule is CC(=O)NCc1ccc(C(=O)C(C)OC(=O)Cc2coc3ccc4ccccc4c23)s1. The van der Waals surface area contributed by atoms with Crippen LogP contribution in [0.3, 0.4) is 0 Å². The van der Waals surface area contributed by atoms with Crippen LogP contribution in [0, 0.1) is 0 Å². The number of carbonyl (C=O) groups is 3. The normalized spacial score (nSPS) is 12.1. The van der Waals surface area contributed by atoms with E-state index in [4.69, 9.17) is 9.15 Å². The van der Waals surface area contributed by atoms with Crippen molar-refractivity contribution in [2.24, 2.45) is 0 Å². The van der Waals surface area contributed by atoms with Crippen molar-refractivity contribution in [2.75, 3.05) is 0 Å². The molecule has 0 spiro atoms. The topological polar surface area (TPSA) is 85.6 Å². The summed E-state index contributed by atoms with van der Waals surface area (Å²) in [5.74, 6) is -0.899. The molecule has 4 aromatic rings. The van der Waals surface area contributed by atoms with E-state index < -0.39 is 12.1 Å². The highest BCUT2D eigenvalue weighted by Gasteiger charge is 2.22. The summed E-state index contributed by atoms with van der Waals surface area (Å²) in [5, 5.41) is 5.64. The molecule has 0 saturated carbocycles. The zero-order valence-corrected chi connectivity index (χ0v) is 18.0. The maximum absolute atomic E-state index is 12.6. The highest BCUT2D eigenvalue weighted by Crippen LogP contribution is 2.30. The molecule has 0 radical (unpaired) electrons. The van der Waals surface area contributed by atoms with E-state index in [1.807, 2.05) is 36.4 Å². The van der Waals surface area contributed by atoms with Gasteiger partial charge >= 0.3 is 5.97 Å². The van der Waals surface area contributed by atoms with Crippen molar-refractivity contribution in [2.45, 2.75) is 32.9 Å². The summed E-state index contributed by atoms with van der Waals surface area (Å²) in [4.78, 5) is 37.6. The molecule has 6 nitrogen and oxygen atoms in total. The molecule has 0 saturated heterocycles. The van der Waals surface area contributed by atoms with Crippen molar-refractivity contribution in [3.8, 4) is 0 Å². The lowest BCUT2D eigenvalue weighted by Crippen LogP contribution is -2.24. The van der Waals surface area contributed by atoms with Gasteiger partial charge in [0.25, 0.3) is 0 Å². The molecule has 0 fully saturated rings. The fourth-order valence-corrected chi connectivity index (χ4v) is 4.44. The molecule has 0 bridgehead atoms. The molecule has 158 valence electrons. The quantitative estimate of drug-likeness (QED) is 0.338. The van der Waals surface area contributed by atoms with E-state index in [-0.39, 0.29) is 18.1 Å². The molecule has 1 N–H and O–H groups in total. The minimum absolute atomic E-state index is 0.0108. The van der Waals surface area contributed by atoms with Gasteiger partial charge in [-0.1, -0.05) is 30.3 Å². The summed E-state index contributed by atoms with van der Waals surface area (Å²) in [6.45, 7) is 3.37. The largest absolute Gasteiger partial charge is 0.464 e. The molecule has 1 amide bonds. The number of rotatable bonds is 7. The number of benzene rings is 2. The molecule has 2 heterocycles. The smallest absolute Gasteiger partial charge is 0.311 e. The molecule has 0 aliphatic heterocycles. The molecule has 1 unspecified atom stereocenters. The van der Waals surface area contributed by atoms with Crippen LogP contribution >= 0.6 is 11.3 Å². The van der Waals surface area contributed by atoms with Gasteiger partial charge in [-0.15, -0.1) is 11.3 Å². The molecule has 7 heteroatoms. The lowest BCUT2D eigenvalue weighted by molar-refractivity contribution is -0.145. The predicted molar refractivity (Wildman–Crippen MR) is 119 cm³/mol. The number of carbonyl (C=O) groups excluding carboxylic acids is 3.